The Kier molecular flexibility index (Phi) is 7.51. The van der Waals surface area contributed by atoms with Crippen LogP contribution >= 0.6 is 11.8 Å². The maximum Gasteiger partial charge on any atom is 0.416 e. The van der Waals surface area contributed by atoms with Crippen LogP contribution in [0.1, 0.15) is 47.1 Å². The van der Waals surface area contributed by atoms with Crippen molar-refractivity contribution in [2.45, 2.75) is 36.9 Å². The first-order valence-corrected chi connectivity index (χ1v) is 12.4. The third kappa shape index (κ3) is 5.87. The molecule has 0 bridgehead atoms. The summed E-state index contributed by atoms with van der Waals surface area (Å²) in [5.74, 6) is 1.15. The predicted octanol–water partition coefficient (Wildman–Crippen LogP) is 5.09. The molecule has 0 N–H and O–H groups in total. The number of hydrogen-bond donors (Lipinski definition) is 0. The molecule has 0 saturated carbocycles. The van der Waals surface area contributed by atoms with Crippen molar-refractivity contribution in [1.82, 2.24) is 24.6 Å². The molecule has 1 fully saturated rings. The summed E-state index contributed by atoms with van der Waals surface area (Å²) in [7, 11) is 2.05. The molecule has 2 heterocycles. The number of amides is 1. The Hall–Kier alpha value is -2.85. The van der Waals surface area contributed by atoms with Gasteiger partial charge in [-0.15, -0.1) is 10.2 Å². The van der Waals surface area contributed by atoms with Crippen LogP contribution in [0, 0.1) is 0 Å². The van der Waals surface area contributed by atoms with Crippen LogP contribution < -0.4 is 0 Å². The Morgan fingerprint density at radius 3 is 2.34 bits per heavy atom. The van der Waals surface area contributed by atoms with Crippen LogP contribution in [0.5, 0.6) is 0 Å². The zero-order valence-electron chi connectivity index (χ0n) is 19.9. The molecule has 0 aliphatic carbocycles. The number of halogens is 3. The number of alkyl halides is 3. The van der Waals surface area contributed by atoms with Crippen molar-refractivity contribution in [1.29, 1.82) is 0 Å². The second-order valence-corrected chi connectivity index (χ2v) is 9.90. The molecule has 35 heavy (non-hydrogen) atoms. The zero-order valence-corrected chi connectivity index (χ0v) is 20.7. The van der Waals surface area contributed by atoms with E-state index in [-0.39, 0.29) is 11.8 Å². The van der Waals surface area contributed by atoms with E-state index in [2.05, 4.69) is 15.1 Å². The van der Waals surface area contributed by atoms with Crippen molar-refractivity contribution in [2.24, 2.45) is 0 Å². The Balaban J connectivity index is 1.50. The van der Waals surface area contributed by atoms with Gasteiger partial charge in [-0.2, -0.15) is 13.2 Å². The van der Waals surface area contributed by atoms with Crippen molar-refractivity contribution in [2.75, 3.05) is 33.2 Å². The van der Waals surface area contributed by atoms with Gasteiger partial charge in [0.05, 0.1) is 11.3 Å². The van der Waals surface area contributed by atoms with Crippen LogP contribution in [0.3, 0.4) is 0 Å². The fourth-order valence-corrected chi connectivity index (χ4v) is 4.81. The largest absolute Gasteiger partial charge is 0.416 e. The zero-order chi connectivity index (χ0) is 25.2. The molecule has 6 nitrogen and oxygen atoms in total. The lowest BCUT2D eigenvalue weighted by Gasteiger charge is -2.32. The summed E-state index contributed by atoms with van der Waals surface area (Å²) in [6, 6.07) is 12.7. The van der Waals surface area contributed by atoms with Gasteiger partial charge in [-0.05, 0) is 42.9 Å². The Morgan fingerprint density at radius 2 is 1.71 bits per heavy atom. The lowest BCUT2D eigenvalue weighted by Crippen LogP contribution is -2.47. The summed E-state index contributed by atoms with van der Waals surface area (Å²) in [4.78, 5) is 16.8. The van der Waals surface area contributed by atoms with Gasteiger partial charge < -0.3 is 9.80 Å². The molecule has 2 aromatic carbocycles. The Labute approximate surface area is 207 Å². The van der Waals surface area contributed by atoms with E-state index in [9.17, 15) is 18.0 Å². The minimum atomic E-state index is -4.43. The minimum Gasteiger partial charge on any atom is -0.336 e. The average molecular weight is 504 g/mol. The molecule has 0 radical (unpaired) electrons. The smallest absolute Gasteiger partial charge is 0.336 e. The first-order valence-electron chi connectivity index (χ1n) is 11.5. The molecule has 1 aliphatic heterocycles. The van der Waals surface area contributed by atoms with Crippen LogP contribution in [0.25, 0.3) is 5.69 Å². The standard InChI is InChI=1S/C25H28F3N5OS/c1-17(2)22-29-30-24(33(22)21-6-4-5-20(15-21)25(26,27)28)35-16-18-7-9-19(10-8-18)23(34)32-13-11-31(3)12-14-32/h4-10,15,17H,11-14,16H2,1-3H3. The third-order valence-electron chi connectivity index (χ3n) is 5.97. The highest BCUT2D eigenvalue weighted by molar-refractivity contribution is 7.98. The second kappa shape index (κ2) is 10.4. The fourth-order valence-electron chi connectivity index (χ4n) is 3.90. The van der Waals surface area contributed by atoms with E-state index in [1.54, 1.807) is 10.6 Å². The van der Waals surface area contributed by atoms with Gasteiger partial charge in [0.15, 0.2) is 5.16 Å². The van der Waals surface area contributed by atoms with E-state index in [1.165, 1.54) is 17.8 Å². The van der Waals surface area contributed by atoms with E-state index < -0.39 is 11.7 Å². The molecule has 10 heteroatoms. The molecule has 186 valence electrons. The fraction of sp³-hybridized carbons (Fsp3) is 0.400. The van der Waals surface area contributed by atoms with E-state index in [4.69, 9.17) is 0 Å². The summed E-state index contributed by atoms with van der Waals surface area (Å²) < 4.78 is 41.6. The number of rotatable bonds is 6. The Morgan fingerprint density at radius 1 is 1.03 bits per heavy atom. The second-order valence-electron chi connectivity index (χ2n) is 8.96. The summed E-state index contributed by atoms with van der Waals surface area (Å²) >= 11 is 1.40. The highest BCUT2D eigenvalue weighted by atomic mass is 32.2. The lowest BCUT2D eigenvalue weighted by atomic mass is 10.1. The number of carbonyl (C=O) groups excluding carboxylic acids is 1. The molecule has 1 aromatic heterocycles. The summed E-state index contributed by atoms with van der Waals surface area (Å²) in [6.07, 6.45) is -4.43. The number of aromatic nitrogens is 3. The number of thioether (sulfide) groups is 1. The molecule has 0 spiro atoms. The molecule has 1 saturated heterocycles. The Bertz CT molecular complexity index is 1170. The highest BCUT2D eigenvalue weighted by Crippen LogP contribution is 2.33. The lowest BCUT2D eigenvalue weighted by molar-refractivity contribution is -0.137. The van der Waals surface area contributed by atoms with E-state index >= 15 is 0 Å². The van der Waals surface area contributed by atoms with Crippen LogP contribution in [-0.4, -0.2) is 63.7 Å². The molecular formula is C25H28F3N5OS. The van der Waals surface area contributed by atoms with Gasteiger partial charge in [0.1, 0.15) is 5.82 Å². The summed E-state index contributed by atoms with van der Waals surface area (Å²) in [5, 5.41) is 9.03. The molecule has 0 atom stereocenters. The van der Waals surface area contributed by atoms with E-state index in [0.29, 0.717) is 28.0 Å². The number of benzene rings is 2. The molecular weight excluding hydrogens is 475 g/mol. The molecule has 4 rings (SSSR count). The van der Waals surface area contributed by atoms with Crippen molar-refractivity contribution in [3.63, 3.8) is 0 Å². The topological polar surface area (TPSA) is 54.3 Å². The van der Waals surface area contributed by atoms with Crippen LogP contribution in [0.4, 0.5) is 13.2 Å². The predicted molar refractivity (Wildman–Crippen MR) is 130 cm³/mol. The number of likely N-dealkylation sites (N-methyl/N-ethyl adjacent to an activating group) is 1. The van der Waals surface area contributed by atoms with Gasteiger partial charge in [0.25, 0.3) is 5.91 Å². The van der Waals surface area contributed by atoms with Crippen molar-refractivity contribution < 1.29 is 18.0 Å². The first kappa shape index (κ1) is 25.2. The van der Waals surface area contributed by atoms with Crippen LogP contribution in [0.15, 0.2) is 53.7 Å². The quantitative estimate of drug-likeness (QED) is 0.439. The summed E-state index contributed by atoms with van der Waals surface area (Å²) in [6.45, 7) is 7.03. The van der Waals surface area contributed by atoms with Crippen molar-refractivity contribution >= 4 is 17.7 Å². The summed E-state index contributed by atoms with van der Waals surface area (Å²) in [5.41, 5.74) is 1.30. The van der Waals surface area contributed by atoms with Gasteiger partial charge in [-0.3, -0.25) is 9.36 Å². The van der Waals surface area contributed by atoms with Gasteiger partial charge in [-0.25, -0.2) is 0 Å². The normalized spacial score (nSPS) is 15.1. The third-order valence-corrected chi connectivity index (χ3v) is 6.97. The number of piperazine rings is 1. The van der Waals surface area contributed by atoms with E-state index in [1.807, 2.05) is 50.1 Å². The van der Waals surface area contributed by atoms with Gasteiger partial charge in [0, 0.05) is 43.4 Å². The van der Waals surface area contributed by atoms with Crippen molar-refractivity contribution in [3.8, 4) is 5.69 Å². The number of hydrogen-bond acceptors (Lipinski definition) is 5. The first-order chi connectivity index (χ1) is 16.6. The molecule has 1 amide bonds. The molecule has 0 unspecified atom stereocenters. The SMILES string of the molecule is CC(C)c1nnc(SCc2ccc(C(=O)N3CCN(C)CC3)cc2)n1-c1cccc(C(F)(F)F)c1. The van der Waals surface area contributed by atoms with E-state index in [0.717, 1.165) is 43.9 Å². The van der Waals surface area contributed by atoms with Gasteiger partial charge in [-0.1, -0.05) is 43.8 Å². The maximum absolute atomic E-state index is 13.3. The minimum absolute atomic E-state index is 0.0220. The molecule has 3 aromatic rings. The maximum atomic E-state index is 13.3. The molecule has 1 aliphatic rings. The highest BCUT2D eigenvalue weighted by Gasteiger charge is 2.31. The monoisotopic (exact) mass is 503 g/mol. The van der Waals surface area contributed by atoms with Crippen LogP contribution in [0.2, 0.25) is 0 Å². The number of nitrogens with zero attached hydrogens (tertiary/aromatic N) is 5. The van der Waals surface area contributed by atoms with Crippen molar-refractivity contribution in [3.05, 3.63) is 71.0 Å². The van der Waals surface area contributed by atoms with Crippen LogP contribution in [-0.2, 0) is 11.9 Å². The number of carbonyl (C=O) groups is 1. The van der Waals surface area contributed by atoms with Gasteiger partial charge >= 0.3 is 6.18 Å². The van der Waals surface area contributed by atoms with Gasteiger partial charge in [0.2, 0.25) is 0 Å². The average Bonchev–Trinajstić information content (AvgIpc) is 3.27.